The van der Waals surface area contributed by atoms with Crippen molar-refractivity contribution in [2.45, 2.75) is 44.7 Å². The molecule has 5 N–H and O–H groups in total. The topological polar surface area (TPSA) is 101 Å². The fourth-order valence-corrected chi connectivity index (χ4v) is 1.19. The Morgan fingerprint density at radius 1 is 0.857 bits per heavy atom. The van der Waals surface area contributed by atoms with Gasteiger partial charge in [0.1, 0.15) is 18.3 Å². The van der Waals surface area contributed by atoms with E-state index in [0.29, 0.717) is 6.42 Å². The smallest absolute Gasteiger partial charge is 0.110 e. The number of hydrogen-bond donors (Lipinski definition) is 5. The molecule has 0 spiro atoms. The Morgan fingerprint density at radius 2 is 1.29 bits per heavy atom. The van der Waals surface area contributed by atoms with E-state index < -0.39 is 31.0 Å². The fraction of sp³-hybridized carbons (Fsp3) is 1.00. The molecule has 4 atom stereocenters. The third-order valence-corrected chi connectivity index (χ3v) is 2.04. The van der Waals surface area contributed by atoms with Crippen LogP contribution in [0.4, 0.5) is 0 Å². The average molecular weight is 208 g/mol. The predicted molar refractivity (Wildman–Crippen MR) is 50.6 cm³/mol. The molecule has 0 aromatic carbocycles. The summed E-state index contributed by atoms with van der Waals surface area (Å²) >= 11 is 0. The molecule has 0 rings (SSSR count). The van der Waals surface area contributed by atoms with Gasteiger partial charge in [0.2, 0.25) is 0 Å². The van der Waals surface area contributed by atoms with E-state index in [0.717, 1.165) is 0 Å². The Balaban J connectivity index is 4.09. The Kier molecular flexibility index (Phi) is 6.22. The quantitative estimate of drug-likeness (QED) is 0.364. The van der Waals surface area contributed by atoms with Gasteiger partial charge in [0.25, 0.3) is 0 Å². The average Bonchev–Trinajstić information content (AvgIpc) is 2.13. The van der Waals surface area contributed by atoms with Gasteiger partial charge in [0.05, 0.1) is 12.7 Å². The van der Waals surface area contributed by atoms with Crippen LogP contribution in [0.5, 0.6) is 0 Å². The molecule has 14 heavy (non-hydrogen) atoms. The lowest BCUT2D eigenvalue weighted by atomic mass is 9.96. The van der Waals surface area contributed by atoms with Crippen molar-refractivity contribution in [3.8, 4) is 0 Å². The fourth-order valence-electron chi connectivity index (χ4n) is 1.19. The van der Waals surface area contributed by atoms with Gasteiger partial charge in [-0.2, -0.15) is 0 Å². The van der Waals surface area contributed by atoms with Crippen molar-refractivity contribution in [3.05, 3.63) is 0 Å². The molecule has 0 aromatic rings. The van der Waals surface area contributed by atoms with Crippen molar-refractivity contribution in [1.29, 1.82) is 0 Å². The van der Waals surface area contributed by atoms with E-state index in [1.165, 1.54) is 0 Å². The zero-order valence-corrected chi connectivity index (χ0v) is 8.54. The van der Waals surface area contributed by atoms with Gasteiger partial charge in [0, 0.05) is 0 Å². The minimum atomic E-state index is -1.52. The van der Waals surface area contributed by atoms with Crippen molar-refractivity contribution in [2.75, 3.05) is 6.61 Å². The lowest BCUT2D eigenvalue weighted by Gasteiger charge is -2.26. The van der Waals surface area contributed by atoms with Gasteiger partial charge in [-0.05, 0) is 12.3 Å². The second kappa shape index (κ2) is 6.31. The van der Waals surface area contributed by atoms with Crippen LogP contribution in [0, 0.1) is 5.92 Å². The third-order valence-electron chi connectivity index (χ3n) is 2.04. The second-order valence-electron chi connectivity index (χ2n) is 3.93. The molecular weight excluding hydrogens is 188 g/mol. The van der Waals surface area contributed by atoms with Gasteiger partial charge < -0.3 is 25.5 Å². The van der Waals surface area contributed by atoms with Crippen molar-refractivity contribution in [3.63, 3.8) is 0 Å². The van der Waals surface area contributed by atoms with Crippen LogP contribution in [0.1, 0.15) is 20.3 Å². The minimum Gasteiger partial charge on any atom is -0.394 e. The molecular formula is C9H20O5. The number of rotatable bonds is 6. The van der Waals surface area contributed by atoms with Crippen LogP contribution in [0.2, 0.25) is 0 Å². The minimum absolute atomic E-state index is 0.179. The Bertz CT molecular complexity index is 150. The molecule has 0 heterocycles. The number of hydrogen-bond acceptors (Lipinski definition) is 5. The van der Waals surface area contributed by atoms with Gasteiger partial charge in [-0.1, -0.05) is 13.8 Å². The molecule has 0 aliphatic rings. The molecule has 0 saturated carbocycles. The van der Waals surface area contributed by atoms with Crippen LogP contribution in [-0.4, -0.2) is 56.6 Å². The number of aliphatic hydroxyl groups excluding tert-OH is 5. The number of aliphatic hydroxyl groups is 5. The SMILES string of the molecule is CC(C)C[C@@H](O)[C@@H](O)[C@H](O)[C@H](O)CO. The highest BCUT2D eigenvalue weighted by Gasteiger charge is 2.29. The molecule has 0 amide bonds. The maximum atomic E-state index is 9.40. The van der Waals surface area contributed by atoms with E-state index in [1.54, 1.807) is 0 Å². The zero-order chi connectivity index (χ0) is 11.3. The predicted octanol–water partition coefficient (Wildman–Crippen LogP) is -1.53. The van der Waals surface area contributed by atoms with E-state index >= 15 is 0 Å². The maximum absolute atomic E-state index is 9.40. The summed E-state index contributed by atoms with van der Waals surface area (Å²) in [7, 11) is 0. The molecule has 5 heteroatoms. The highest BCUT2D eigenvalue weighted by molar-refractivity contribution is 4.80. The van der Waals surface area contributed by atoms with Crippen LogP contribution in [-0.2, 0) is 0 Å². The van der Waals surface area contributed by atoms with Crippen LogP contribution < -0.4 is 0 Å². The summed E-state index contributed by atoms with van der Waals surface area (Å²) in [5.74, 6) is 0.179. The zero-order valence-electron chi connectivity index (χ0n) is 8.54. The van der Waals surface area contributed by atoms with Crippen LogP contribution in [0.15, 0.2) is 0 Å². The van der Waals surface area contributed by atoms with E-state index in [-0.39, 0.29) is 5.92 Å². The molecule has 0 fully saturated rings. The van der Waals surface area contributed by atoms with Gasteiger partial charge >= 0.3 is 0 Å². The first kappa shape index (κ1) is 13.8. The second-order valence-corrected chi connectivity index (χ2v) is 3.93. The molecule has 0 saturated heterocycles. The van der Waals surface area contributed by atoms with Crippen LogP contribution in [0.3, 0.4) is 0 Å². The summed E-state index contributed by atoms with van der Waals surface area (Å²) in [4.78, 5) is 0. The summed E-state index contributed by atoms with van der Waals surface area (Å²) in [6, 6.07) is 0. The standard InChI is InChI=1S/C9H20O5/c1-5(2)3-6(11)8(13)9(14)7(12)4-10/h5-14H,3-4H2,1-2H3/t6-,7-,8-,9-/m1/s1. The highest BCUT2D eigenvalue weighted by Crippen LogP contribution is 2.12. The van der Waals surface area contributed by atoms with Crippen molar-refractivity contribution >= 4 is 0 Å². The van der Waals surface area contributed by atoms with Crippen molar-refractivity contribution < 1.29 is 25.5 Å². The van der Waals surface area contributed by atoms with Crippen molar-refractivity contribution in [1.82, 2.24) is 0 Å². The summed E-state index contributed by atoms with van der Waals surface area (Å²) < 4.78 is 0. The lowest BCUT2D eigenvalue weighted by Crippen LogP contribution is -2.46. The third kappa shape index (κ3) is 4.34. The van der Waals surface area contributed by atoms with E-state index in [4.69, 9.17) is 10.2 Å². The first-order valence-electron chi connectivity index (χ1n) is 4.73. The van der Waals surface area contributed by atoms with E-state index in [1.807, 2.05) is 13.8 Å². The van der Waals surface area contributed by atoms with Gasteiger partial charge in [-0.15, -0.1) is 0 Å². The molecule has 5 nitrogen and oxygen atoms in total. The molecule has 0 unspecified atom stereocenters. The van der Waals surface area contributed by atoms with E-state index in [2.05, 4.69) is 0 Å². The normalized spacial score (nSPS) is 20.6. The highest BCUT2D eigenvalue weighted by atomic mass is 16.4. The maximum Gasteiger partial charge on any atom is 0.110 e. The summed E-state index contributed by atoms with van der Waals surface area (Å²) in [6.07, 6.45) is -5.14. The van der Waals surface area contributed by atoms with Crippen LogP contribution in [0.25, 0.3) is 0 Å². The Labute approximate surface area is 83.6 Å². The van der Waals surface area contributed by atoms with Gasteiger partial charge in [-0.3, -0.25) is 0 Å². The summed E-state index contributed by atoms with van der Waals surface area (Å²) in [6.45, 7) is 3.09. The molecule has 0 bridgehead atoms. The molecule has 0 radical (unpaired) electrons. The first-order valence-corrected chi connectivity index (χ1v) is 4.73. The molecule has 0 aliphatic heterocycles. The first-order chi connectivity index (χ1) is 6.40. The van der Waals surface area contributed by atoms with Crippen molar-refractivity contribution in [2.24, 2.45) is 5.92 Å². The van der Waals surface area contributed by atoms with E-state index in [9.17, 15) is 15.3 Å². The van der Waals surface area contributed by atoms with Crippen LogP contribution >= 0.6 is 0 Å². The largest absolute Gasteiger partial charge is 0.394 e. The van der Waals surface area contributed by atoms with Gasteiger partial charge in [0.15, 0.2) is 0 Å². The Morgan fingerprint density at radius 3 is 1.64 bits per heavy atom. The lowest BCUT2D eigenvalue weighted by molar-refractivity contribution is -0.118. The summed E-state index contributed by atoms with van der Waals surface area (Å²) in [5.41, 5.74) is 0. The Hall–Kier alpha value is -0.200. The molecule has 0 aliphatic carbocycles. The molecule has 86 valence electrons. The monoisotopic (exact) mass is 208 g/mol. The summed E-state index contributed by atoms with van der Waals surface area (Å²) in [5, 5.41) is 45.5. The van der Waals surface area contributed by atoms with Gasteiger partial charge in [-0.25, -0.2) is 0 Å². The molecule has 0 aromatic heterocycles.